The summed E-state index contributed by atoms with van der Waals surface area (Å²) in [5.41, 5.74) is 0.769. The molecule has 3 aromatic rings. The van der Waals surface area contributed by atoms with Gasteiger partial charge in [-0.2, -0.15) is 0 Å². The van der Waals surface area contributed by atoms with E-state index in [-0.39, 0.29) is 30.5 Å². The number of nitrogens with zero attached hydrogens (tertiary/aromatic N) is 2. The first kappa shape index (κ1) is 20.7. The molecule has 1 atom stereocenters. The molecule has 31 heavy (non-hydrogen) atoms. The molecular formula is C23H21F2N3O3. The van der Waals surface area contributed by atoms with Gasteiger partial charge in [-0.05, 0) is 30.7 Å². The Balaban J connectivity index is 1.25. The SMILES string of the molecule is O=C(NCCCOc1cccc2cccnc12)C1CC(=O)N(c2ccc(F)cc2F)C1. The van der Waals surface area contributed by atoms with E-state index in [0.29, 0.717) is 25.3 Å². The number of hydrogen-bond acceptors (Lipinski definition) is 4. The normalized spacial score (nSPS) is 16.0. The summed E-state index contributed by atoms with van der Waals surface area (Å²) in [6.07, 6.45) is 2.27. The predicted molar refractivity (Wildman–Crippen MR) is 112 cm³/mol. The minimum atomic E-state index is -0.825. The Bertz CT molecular complexity index is 1120. The Morgan fingerprint density at radius 2 is 2.03 bits per heavy atom. The largest absolute Gasteiger partial charge is 0.491 e. The van der Waals surface area contributed by atoms with Gasteiger partial charge in [-0.3, -0.25) is 14.6 Å². The summed E-state index contributed by atoms with van der Waals surface area (Å²) in [6.45, 7) is 0.838. The van der Waals surface area contributed by atoms with Gasteiger partial charge in [-0.15, -0.1) is 0 Å². The van der Waals surface area contributed by atoms with E-state index in [1.54, 1.807) is 6.20 Å². The van der Waals surface area contributed by atoms with Gasteiger partial charge in [0.15, 0.2) is 0 Å². The zero-order chi connectivity index (χ0) is 21.8. The minimum absolute atomic E-state index is 0.0131. The van der Waals surface area contributed by atoms with Crippen molar-refractivity contribution in [1.29, 1.82) is 0 Å². The summed E-state index contributed by atoms with van der Waals surface area (Å²) < 4.78 is 32.9. The van der Waals surface area contributed by atoms with Crippen molar-refractivity contribution in [1.82, 2.24) is 10.3 Å². The van der Waals surface area contributed by atoms with Gasteiger partial charge in [0, 0.05) is 37.2 Å². The topological polar surface area (TPSA) is 71.5 Å². The number of carbonyl (C=O) groups excluding carboxylic acids is 2. The predicted octanol–water partition coefficient (Wildman–Crippen LogP) is 3.45. The lowest BCUT2D eigenvalue weighted by molar-refractivity contribution is -0.126. The molecule has 2 heterocycles. The van der Waals surface area contributed by atoms with Crippen LogP contribution < -0.4 is 15.0 Å². The van der Waals surface area contributed by atoms with Crippen molar-refractivity contribution < 1.29 is 23.1 Å². The Labute approximate surface area is 177 Å². The number of aromatic nitrogens is 1. The van der Waals surface area contributed by atoms with Gasteiger partial charge in [0.1, 0.15) is 22.9 Å². The number of hydrogen-bond donors (Lipinski definition) is 1. The maximum absolute atomic E-state index is 14.0. The summed E-state index contributed by atoms with van der Waals surface area (Å²) >= 11 is 0. The maximum atomic E-state index is 14.0. The highest BCUT2D eigenvalue weighted by Crippen LogP contribution is 2.28. The molecule has 0 spiro atoms. The van der Waals surface area contributed by atoms with E-state index in [2.05, 4.69) is 10.3 Å². The summed E-state index contributed by atoms with van der Waals surface area (Å²) in [4.78, 5) is 30.2. The lowest BCUT2D eigenvalue weighted by Crippen LogP contribution is -2.34. The molecule has 2 amide bonds. The van der Waals surface area contributed by atoms with E-state index in [1.807, 2.05) is 30.3 Å². The number of ether oxygens (including phenoxy) is 1. The number of halogens is 2. The summed E-state index contributed by atoms with van der Waals surface area (Å²) in [5.74, 6) is -2.08. The Morgan fingerprint density at radius 1 is 1.19 bits per heavy atom. The van der Waals surface area contributed by atoms with Crippen LogP contribution in [0, 0.1) is 17.6 Å². The zero-order valence-corrected chi connectivity index (χ0v) is 16.7. The molecule has 1 aliphatic rings. The molecule has 1 aromatic heterocycles. The third-order valence-corrected chi connectivity index (χ3v) is 5.17. The van der Waals surface area contributed by atoms with E-state index < -0.39 is 17.6 Å². The molecule has 0 bridgehead atoms. The highest BCUT2D eigenvalue weighted by molar-refractivity contribution is 6.00. The second-order valence-corrected chi connectivity index (χ2v) is 7.33. The summed E-state index contributed by atoms with van der Waals surface area (Å²) in [5, 5.41) is 3.78. The van der Waals surface area contributed by atoms with Crippen LogP contribution in [0.2, 0.25) is 0 Å². The number of para-hydroxylation sites is 1. The molecule has 0 radical (unpaired) electrons. The highest BCUT2D eigenvalue weighted by atomic mass is 19.1. The fourth-order valence-corrected chi connectivity index (χ4v) is 3.62. The number of fused-ring (bicyclic) bond motifs is 1. The molecular weight excluding hydrogens is 404 g/mol. The van der Waals surface area contributed by atoms with Crippen molar-refractivity contribution in [3.8, 4) is 5.75 Å². The van der Waals surface area contributed by atoms with Crippen LogP contribution in [0.3, 0.4) is 0 Å². The molecule has 1 unspecified atom stereocenters. The van der Waals surface area contributed by atoms with Crippen molar-refractivity contribution in [2.75, 3.05) is 24.6 Å². The molecule has 1 N–H and O–H groups in total. The van der Waals surface area contributed by atoms with Gasteiger partial charge in [-0.25, -0.2) is 8.78 Å². The lowest BCUT2D eigenvalue weighted by atomic mass is 10.1. The third-order valence-electron chi connectivity index (χ3n) is 5.17. The van der Waals surface area contributed by atoms with Crippen LogP contribution in [-0.4, -0.2) is 36.5 Å². The van der Waals surface area contributed by atoms with E-state index in [4.69, 9.17) is 4.74 Å². The first-order chi connectivity index (χ1) is 15.0. The van der Waals surface area contributed by atoms with Crippen molar-refractivity contribution in [2.24, 2.45) is 5.92 Å². The standard InChI is InChI=1S/C23H21F2N3O3/c24-17-7-8-19(18(25)13-17)28-14-16(12-21(28)29)23(30)27-10-3-11-31-20-6-1-4-15-5-2-9-26-22(15)20/h1-2,4-9,13,16H,3,10-12,14H2,(H,27,30). The van der Waals surface area contributed by atoms with Gasteiger partial charge in [0.25, 0.3) is 0 Å². The second kappa shape index (κ2) is 9.07. The van der Waals surface area contributed by atoms with Crippen LogP contribution in [0.1, 0.15) is 12.8 Å². The van der Waals surface area contributed by atoms with Crippen LogP contribution >= 0.6 is 0 Å². The molecule has 6 nitrogen and oxygen atoms in total. The maximum Gasteiger partial charge on any atom is 0.227 e. The number of amides is 2. The van der Waals surface area contributed by atoms with E-state index >= 15 is 0 Å². The first-order valence-electron chi connectivity index (χ1n) is 10.0. The van der Waals surface area contributed by atoms with Gasteiger partial charge in [0.05, 0.1) is 18.2 Å². The molecule has 2 aromatic carbocycles. The second-order valence-electron chi connectivity index (χ2n) is 7.33. The summed E-state index contributed by atoms with van der Waals surface area (Å²) in [7, 11) is 0. The number of anilines is 1. The lowest BCUT2D eigenvalue weighted by Gasteiger charge is -2.17. The molecule has 0 saturated carbocycles. The smallest absolute Gasteiger partial charge is 0.227 e. The highest BCUT2D eigenvalue weighted by Gasteiger charge is 2.36. The first-order valence-corrected chi connectivity index (χ1v) is 10.0. The van der Waals surface area contributed by atoms with Crippen molar-refractivity contribution >= 4 is 28.4 Å². The fraction of sp³-hybridized carbons (Fsp3) is 0.261. The molecule has 1 aliphatic heterocycles. The van der Waals surface area contributed by atoms with E-state index in [9.17, 15) is 18.4 Å². The number of rotatable bonds is 7. The molecule has 8 heteroatoms. The number of pyridine rings is 1. The van der Waals surface area contributed by atoms with Crippen molar-refractivity contribution in [3.05, 3.63) is 66.4 Å². The minimum Gasteiger partial charge on any atom is -0.491 e. The Hall–Kier alpha value is -3.55. The van der Waals surface area contributed by atoms with Crippen LogP contribution in [0.15, 0.2) is 54.7 Å². The quantitative estimate of drug-likeness (QED) is 0.589. The number of carbonyl (C=O) groups is 2. The van der Waals surface area contributed by atoms with Gasteiger partial charge in [0.2, 0.25) is 11.8 Å². The third kappa shape index (κ3) is 4.63. The molecule has 1 saturated heterocycles. The van der Waals surface area contributed by atoms with E-state index in [0.717, 1.165) is 23.0 Å². The molecule has 0 aliphatic carbocycles. The van der Waals surface area contributed by atoms with Crippen molar-refractivity contribution in [3.63, 3.8) is 0 Å². The average Bonchev–Trinajstić information content (AvgIpc) is 3.15. The van der Waals surface area contributed by atoms with Gasteiger partial charge >= 0.3 is 0 Å². The van der Waals surface area contributed by atoms with E-state index in [1.165, 1.54) is 11.0 Å². The van der Waals surface area contributed by atoms with Crippen LogP contribution in [0.4, 0.5) is 14.5 Å². The monoisotopic (exact) mass is 425 g/mol. The van der Waals surface area contributed by atoms with Crippen molar-refractivity contribution in [2.45, 2.75) is 12.8 Å². The zero-order valence-electron chi connectivity index (χ0n) is 16.7. The fourth-order valence-electron chi connectivity index (χ4n) is 3.62. The molecule has 1 fully saturated rings. The summed E-state index contributed by atoms with van der Waals surface area (Å²) in [6, 6.07) is 12.5. The molecule has 160 valence electrons. The number of benzene rings is 2. The van der Waals surface area contributed by atoms with Gasteiger partial charge < -0.3 is 15.0 Å². The Kier molecular flexibility index (Phi) is 6.06. The number of nitrogens with one attached hydrogen (secondary N) is 1. The van der Waals surface area contributed by atoms with Crippen LogP contribution in [0.5, 0.6) is 5.75 Å². The van der Waals surface area contributed by atoms with Crippen LogP contribution in [-0.2, 0) is 9.59 Å². The Morgan fingerprint density at radius 3 is 2.87 bits per heavy atom. The molecule has 4 rings (SSSR count). The average molecular weight is 425 g/mol. The van der Waals surface area contributed by atoms with Crippen LogP contribution in [0.25, 0.3) is 10.9 Å². The van der Waals surface area contributed by atoms with Gasteiger partial charge in [-0.1, -0.05) is 18.2 Å².